The monoisotopic (exact) mass is 350 g/mol. The van der Waals surface area contributed by atoms with Gasteiger partial charge in [0, 0.05) is 12.0 Å². The Morgan fingerprint density at radius 1 is 1.04 bits per heavy atom. The van der Waals surface area contributed by atoms with Crippen molar-refractivity contribution in [1.82, 2.24) is 0 Å². The number of hydrogen-bond donors (Lipinski definition) is 2. The second-order valence-electron chi connectivity index (χ2n) is 8.15. The topological polar surface area (TPSA) is 83.8 Å². The van der Waals surface area contributed by atoms with Gasteiger partial charge < -0.3 is 14.9 Å². The molecule has 2 rings (SSSR count). The van der Waals surface area contributed by atoms with Crippen molar-refractivity contribution in [3.8, 4) is 0 Å². The zero-order chi connectivity index (χ0) is 18.9. The Balaban J connectivity index is 2.40. The van der Waals surface area contributed by atoms with Crippen LogP contribution in [0.1, 0.15) is 66.2 Å². The number of ketones is 1. The van der Waals surface area contributed by atoms with E-state index in [1.807, 2.05) is 19.9 Å². The van der Waals surface area contributed by atoms with Gasteiger partial charge in [0.25, 0.3) is 0 Å². The summed E-state index contributed by atoms with van der Waals surface area (Å²) in [7, 11) is 0. The van der Waals surface area contributed by atoms with E-state index in [1.54, 1.807) is 26.0 Å². The molecule has 25 heavy (non-hydrogen) atoms. The van der Waals surface area contributed by atoms with Gasteiger partial charge in [0.1, 0.15) is 0 Å². The van der Waals surface area contributed by atoms with Crippen LogP contribution in [-0.2, 0) is 14.3 Å². The molecule has 2 heterocycles. The number of hydrogen-bond acceptors (Lipinski definition) is 5. The molecule has 2 N–H and O–H groups in total. The van der Waals surface area contributed by atoms with Gasteiger partial charge in [0.2, 0.25) is 0 Å². The maximum Gasteiger partial charge on any atom is 0.334 e. The molecule has 0 amide bonds. The Morgan fingerprint density at radius 3 is 2.36 bits per heavy atom. The number of esters is 1. The van der Waals surface area contributed by atoms with Crippen molar-refractivity contribution in [2.45, 2.75) is 83.0 Å². The molecule has 0 aromatic heterocycles. The molecular weight excluding hydrogens is 320 g/mol. The lowest BCUT2D eigenvalue weighted by molar-refractivity contribution is -0.162. The maximum absolute atomic E-state index is 12.6. The third kappa shape index (κ3) is 4.59. The Labute approximate surface area is 149 Å². The van der Waals surface area contributed by atoms with E-state index in [2.05, 4.69) is 0 Å². The fraction of sp³-hybridized carbons (Fsp3) is 0.700. The lowest BCUT2D eigenvalue weighted by Gasteiger charge is -2.30. The number of ether oxygens (including phenoxy) is 1. The van der Waals surface area contributed by atoms with Crippen LogP contribution in [0.5, 0.6) is 0 Å². The number of fused-ring (bicyclic) bond motifs is 3. The lowest BCUT2D eigenvalue weighted by atomic mass is 9.82. The predicted octanol–water partition coefficient (Wildman–Crippen LogP) is 2.85. The third-order valence-corrected chi connectivity index (χ3v) is 5.57. The highest BCUT2D eigenvalue weighted by Crippen LogP contribution is 2.33. The minimum absolute atomic E-state index is 0.0843. The van der Waals surface area contributed by atoms with E-state index >= 15 is 0 Å². The fourth-order valence-electron chi connectivity index (χ4n) is 3.26. The van der Waals surface area contributed by atoms with Gasteiger partial charge in [-0.3, -0.25) is 4.79 Å². The zero-order valence-corrected chi connectivity index (χ0v) is 15.7. The van der Waals surface area contributed by atoms with Gasteiger partial charge in [0.15, 0.2) is 11.4 Å². The van der Waals surface area contributed by atoms with Gasteiger partial charge in [-0.05, 0) is 51.9 Å². The van der Waals surface area contributed by atoms with Crippen LogP contribution in [0.4, 0.5) is 0 Å². The fourth-order valence-corrected chi connectivity index (χ4v) is 3.26. The van der Waals surface area contributed by atoms with Crippen LogP contribution in [0.3, 0.4) is 0 Å². The molecule has 0 saturated carbocycles. The van der Waals surface area contributed by atoms with E-state index in [9.17, 15) is 19.8 Å². The average Bonchev–Trinajstić information content (AvgIpc) is 2.67. The van der Waals surface area contributed by atoms with Gasteiger partial charge >= 0.3 is 5.97 Å². The molecule has 5 nitrogen and oxygen atoms in total. The summed E-state index contributed by atoms with van der Waals surface area (Å²) in [5.74, 6) is -0.740. The van der Waals surface area contributed by atoms with E-state index in [-0.39, 0.29) is 24.5 Å². The highest BCUT2D eigenvalue weighted by molar-refractivity contribution is 5.94. The number of carbonyl (C=O) groups is 2. The van der Waals surface area contributed by atoms with Crippen LogP contribution in [0.25, 0.3) is 0 Å². The highest BCUT2D eigenvalue weighted by atomic mass is 16.6. The first-order valence-corrected chi connectivity index (χ1v) is 9.08. The summed E-state index contributed by atoms with van der Waals surface area (Å²) in [4.78, 5) is 25.1. The first kappa shape index (κ1) is 19.9. The molecule has 0 aromatic rings. The standard InChI is InChI=1S/C20H30O5/c1-14(2)20(24)11-7-15-6-5-9-19(4,25-17(15)22)16(21)8-10-18(3,23)12-13-20/h6,12-14,23-24H,5,7-11H2,1-4H3/b13-12+/t18-,19+,20-/m0/s1. The van der Waals surface area contributed by atoms with Gasteiger partial charge in [-0.15, -0.1) is 0 Å². The number of carbonyl (C=O) groups excluding carboxylic acids is 2. The van der Waals surface area contributed by atoms with E-state index in [1.165, 1.54) is 0 Å². The van der Waals surface area contributed by atoms with E-state index in [4.69, 9.17) is 4.74 Å². The van der Waals surface area contributed by atoms with Crippen molar-refractivity contribution in [2.75, 3.05) is 0 Å². The van der Waals surface area contributed by atoms with Crippen molar-refractivity contribution in [3.63, 3.8) is 0 Å². The molecular formula is C20H30O5. The molecule has 3 atom stereocenters. The van der Waals surface area contributed by atoms with Crippen molar-refractivity contribution in [3.05, 3.63) is 23.8 Å². The minimum Gasteiger partial charge on any atom is -0.448 e. The molecule has 0 spiro atoms. The summed E-state index contributed by atoms with van der Waals surface area (Å²) in [6.07, 6.45) is 7.07. The number of Topliss-reactive ketones (excluding diaryl/α,β-unsaturated/α-hetero) is 1. The molecule has 5 heteroatoms. The predicted molar refractivity (Wildman–Crippen MR) is 94.8 cm³/mol. The Bertz CT molecular complexity index is 601. The quantitative estimate of drug-likeness (QED) is 0.561. The number of rotatable bonds is 1. The lowest BCUT2D eigenvalue weighted by Crippen LogP contribution is -2.40. The molecule has 0 saturated heterocycles. The molecule has 140 valence electrons. The van der Waals surface area contributed by atoms with E-state index in [0.29, 0.717) is 31.3 Å². The highest BCUT2D eigenvalue weighted by Gasteiger charge is 2.40. The normalized spacial score (nSPS) is 38.9. The van der Waals surface area contributed by atoms with Gasteiger partial charge in [0.05, 0.1) is 11.2 Å². The molecule has 2 bridgehead atoms. The molecule has 2 aliphatic rings. The third-order valence-electron chi connectivity index (χ3n) is 5.57. The number of allylic oxidation sites excluding steroid dienone is 1. The largest absolute Gasteiger partial charge is 0.448 e. The summed E-state index contributed by atoms with van der Waals surface area (Å²) in [5.41, 5.74) is -2.99. The minimum atomic E-state index is -1.21. The van der Waals surface area contributed by atoms with Crippen LogP contribution in [0, 0.1) is 5.92 Å². The molecule has 2 aliphatic heterocycles. The SMILES string of the molecule is CC(C)[C@@]1(O)/C=C/[C@@](C)(O)CCC(=O)[C@@]2(C)CCC=C(CC1)C(=O)O2. The summed E-state index contributed by atoms with van der Waals surface area (Å²) in [5, 5.41) is 21.5. The molecule has 0 aromatic carbocycles. The first-order chi connectivity index (χ1) is 11.5. The van der Waals surface area contributed by atoms with E-state index < -0.39 is 22.8 Å². The van der Waals surface area contributed by atoms with Crippen LogP contribution >= 0.6 is 0 Å². The zero-order valence-electron chi connectivity index (χ0n) is 15.7. The van der Waals surface area contributed by atoms with Crippen LogP contribution in [-0.4, -0.2) is 38.8 Å². The van der Waals surface area contributed by atoms with Crippen LogP contribution in [0.15, 0.2) is 23.8 Å². The Morgan fingerprint density at radius 2 is 1.72 bits per heavy atom. The first-order valence-electron chi connectivity index (χ1n) is 9.08. The smallest absolute Gasteiger partial charge is 0.334 e. The second kappa shape index (κ2) is 7.04. The molecule has 0 fully saturated rings. The van der Waals surface area contributed by atoms with Crippen molar-refractivity contribution in [1.29, 1.82) is 0 Å². The second-order valence-corrected chi connectivity index (χ2v) is 8.15. The maximum atomic E-state index is 12.6. The van der Waals surface area contributed by atoms with Crippen LogP contribution in [0.2, 0.25) is 0 Å². The number of aliphatic hydroxyl groups is 2. The summed E-state index contributed by atoms with van der Waals surface area (Å²) >= 11 is 0. The molecule has 0 radical (unpaired) electrons. The molecule has 0 aliphatic carbocycles. The van der Waals surface area contributed by atoms with Crippen LogP contribution < -0.4 is 0 Å². The van der Waals surface area contributed by atoms with Crippen molar-refractivity contribution < 1.29 is 24.5 Å². The van der Waals surface area contributed by atoms with Gasteiger partial charge in [-0.1, -0.05) is 32.1 Å². The summed E-state index contributed by atoms with van der Waals surface area (Å²) < 4.78 is 5.54. The Hall–Kier alpha value is -1.46. The summed E-state index contributed by atoms with van der Waals surface area (Å²) in [6.45, 7) is 7.07. The van der Waals surface area contributed by atoms with Gasteiger partial charge in [-0.2, -0.15) is 0 Å². The Kier molecular flexibility index (Phi) is 5.59. The van der Waals surface area contributed by atoms with E-state index in [0.717, 1.165) is 0 Å². The van der Waals surface area contributed by atoms with Crippen molar-refractivity contribution >= 4 is 11.8 Å². The summed E-state index contributed by atoms with van der Waals surface area (Å²) in [6, 6.07) is 0. The van der Waals surface area contributed by atoms with Crippen molar-refractivity contribution in [2.24, 2.45) is 5.92 Å². The molecule has 0 unspecified atom stereocenters. The van der Waals surface area contributed by atoms with Gasteiger partial charge in [-0.25, -0.2) is 4.79 Å². The average molecular weight is 350 g/mol.